The van der Waals surface area contributed by atoms with Crippen LogP contribution < -0.4 is 10.9 Å². The molecule has 3 aromatic rings. The molecule has 1 N–H and O–H groups in total. The summed E-state index contributed by atoms with van der Waals surface area (Å²) in [6.45, 7) is 3.69. The monoisotopic (exact) mass is 515 g/mol. The van der Waals surface area contributed by atoms with Crippen LogP contribution >= 0.6 is 0 Å². The quantitative estimate of drug-likeness (QED) is 0.533. The molecule has 8 nitrogen and oxygen atoms in total. The molecule has 1 amide bonds. The maximum Gasteiger partial charge on any atom is 0.266 e. The van der Waals surface area contributed by atoms with E-state index in [9.17, 15) is 22.8 Å². The number of ether oxygens (including phenoxy) is 1. The zero-order chi connectivity index (χ0) is 26.6. The van der Waals surface area contributed by atoms with E-state index in [1.807, 2.05) is 4.90 Å². The summed E-state index contributed by atoms with van der Waals surface area (Å²) < 4.78 is 48.7. The van der Waals surface area contributed by atoms with Gasteiger partial charge in [0.15, 0.2) is 0 Å². The Kier molecular flexibility index (Phi) is 6.21. The molecule has 1 saturated carbocycles. The second-order valence-electron chi connectivity index (χ2n) is 9.85. The number of benzene rings is 1. The van der Waals surface area contributed by atoms with Crippen molar-refractivity contribution in [2.24, 2.45) is 13.0 Å². The van der Waals surface area contributed by atoms with Gasteiger partial charge in [0.05, 0.1) is 22.6 Å². The molecule has 0 spiro atoms. The highest BCUT2D eigenvalue weighted by Crippen LogP contribution is 2.52. The van der Waals surface area contributed by atoms with Gasteiger partial charge in [0.25, 0.3) is 12.0 Å². The highest BCUT2D eigenvalue weighted by molar-refractivity contribution is 5.87. The largest absolute Gasteiger partial charge is 0.373 e. The van der Waals surface area contributed by atoms with Crippen molar-refractivity contribution < 1.29 is 22.7 Å². The summed E-state index contributed by atoms with van der Waals surface area (Å²) in [4.78, 5) is 36.0. The van der Waals surface area contributed by atoms with Crippen molar-refractivity contribution in [1.82, 2.24) is 19.4 Å². The van der Waals surface area contributed by atoms with Gasteiger partial charge < -0.3 is 15.0 Å². The number of hydrogen-bond donors (Lipinski definition) is 1. The number of carbonyl (C=O) groups excluding carboxylic acids is 1. The van der Waals surface area contributed by atoms with Crippen LogP contribution in [0, 0.1) is 11.7 Å². The number of alkyl halides is 2. The van der Waals surface area contributed by atoms with Gasteiger partial charge >= 0.3 is 0 Å². The van der Waals surface area contributed by atoms with Crippen LogP contribution in [0.4, 0.5) is 19.0 Å². The number of aryl methyl sites for hydroxylation is 1. The smallest absolute Gasteiger partial charge is 0.266 e. The maximum atomic E-state index is 14.8. The van der Waals surface area contributed by atoms with E-state index < -0.39 is 29.4 Å². The molecule has 2 bridgehead atoms. The van der Waals surface area contributed by atoms with Crippen molar-refractivity contribution in [1.29, 1.82) is 0 Å². The Morgan fingerprint density at radius 2 is 2.00 bits per heavy atom. The molecule has 196 valence electrons. The van der Waals surface area contributed by atoms with Gasteiger partial charge in [0, 0.05) is 51.6 Å². The second-order valence-corrected chi connectivity index (χ2v) is 9.85. The minimum Gasteiger partial charge on any atom is -0.373 e. The van der Waals surface area contributed by atoms with Crippen LogP contribution in [-0.2, 0) is 22.2 Å². The van der Waals surface area contributed by atoms with Crippen LogP contribution in [0.3, 0.4) is 0 Å². The lowest BCUT2D eigenvalue weighted by Crippen LogP contribution is -2.49. The minimum atomic E-state index is -2.94. The molecule has 2 aromatic heterocycles. The number of hydrogen-bond acceptors (Lipinski definition) is 6. The van der Waals surface area contributed by atoms with Crippen molar-refractivity contribution in [3.05, 3.63) is 63.5 Å². The molecule has 1 saturated heterocycles. The molecule has 0 radical (unpaired) electrons. The molecule has 5 rings (SSSR count). The summed E-state index contributed by atoms with van der Waals surface area (Å²) in [6.07, 6.45) is -0.416. The lowest BCUT2D eigenvalue weighted by molar-refractivity contribution is -0.135. The Bertz CT molecular complexity index is 1440. The SMILES string of the molecule is COC1(c2cc3c(N[C@H](C)c4cccc(C(F)F)c4F)ncnc3n(C)c2=O)C[C@H]2C[C@@H]1CN2C(C)=O. The molecule has 1 unspecified atom stereocenters. The first kappa shape index (κ1) is 25.2. The number of nitrogens with zero attached hydrogens (tertiary/aromatic N) is 4. The normalized spacial score (nSPS) is 23.7. The van der Waals surface area contributed by atoms with Crippen molar-refractivity contribution >= 4 is 22.8 Å². The highest BCUT2D eigenvalue weighted by atomic mass is 19.3. The van der Waals surface area contributed by atoms with Gasteiger partial charge in [0.1, 0.15) is 29.2 Å². The summed E-state index contributed by atoms with van der Waals surface area (Å²) >= 11 is 0. The molecule has 1 aromatic carbocycles. The molecule has 3 heterocycles. The van der Waals surface area contributed by atoms with Crippen molar-refractivity contribution in [2.45, 2.75) is 50.8 Å². The van der Waals surface area contributed by atoms with Crippen LogP contribution in [0.15, 0.2) is 35.4 Å². The van der Waals surface area contributed by atoms with Gasteiger partial charge in [0.2, 0.25) is 5.91 Å². The van der Waals surface area contributed by atoms with Gasteiger partial charge in [-0.25, -0.2) is 23.1 Å². The van der Waals surface area contributed by atoms with Crippen LogP contribution in [0.25, 0.3) is 11.0 Å². The second kappa shape index (κ2) is 9.13. The Morgan fingerprint density at radius 1 is 1.27 bits per heavy atom. The number of fused-ring (bicyclic) bond motifs is 3. The molecular weight excluding hydrogens is 487 g/mol. The number of carbonyl (C=O) groups is 1. The minimum absolute atomic E-state index is 0.000587. The predicted octanol–water partition coefficient (Wildman–Crippen LogP) is 4.06. The topological polar surface area (TPSA) is 89.3 Å². The predicted molar refractivity (Wildman–Crippen MR) is 131 cm³/mol. The van der Waals surface area contributed by atoms with Crippen molar-refractivity contribution in [3.8, 4) is 0 Å². The van der Waals surface area contributed by atoms with Crippen LogP contribution in [0.5, 0.6) is 0 Å². The fourth-order valence-electron chi connectivity index (χ4n) is 6.08. The van der Waals surface area contributed by atoms with E-state index in [2.05, 4.69) is 15.3 Å². The third kappa shape index (κ3) is 3.87. The number of aromatic nitrogens is 3. The number of pyridine rings is 1. The molecule has 1 aliphatic carbocycles. The Labute approximate surface area is 211 Å². The number of rotatable bonds is 6. The molecule has 2 fully saturated rings. The van der Waals surface area contributed by atoms with Crippen LogP contribution in [0.2, 0.25) is 0 Å². The first-order chi connectivity index (χ1) is 17.6. The molecule has 11 heteroatoms. The van der Waals surface area contributed by atoms with Crippen LogP contribution in [0.1, 0.15) is 55.8 Å². The Balaban J connectivity index is 1.58. The molecule has 1 aliphatic heterocycles. The number of amides is 1. The van der Waals surface area contributed by atoms with Gasteiger partial charge in [-0.2, -0.15) is 0 Å². The van der Waals surface area contributed by atoms with Crippen LogP contribution in [-0.4, -0.2) is 45.0 Å². The lowest BCUT2D eigenvalue weighted by Gasteiger charge is -2.40. The van der Waals surface area contributed by atoms with E-state index in [1.165, 1.54) is 23.0 Å². The third-order valence-electron chi connectivity index (χ3n) is 7.96. The summed E-state index contributed by atoms with van der Waals surface area (Å²) in [6, 6.07) is 4.88. The van der Waals surface area contributed by atoms with Gasteiger partial charge in [-0.15, -0.1) is 0 Å². The molecule has 2 aliphatic rings. The molecule has 4 atom stereocenters. The number of nitrogens with one attached hydrogen (secondary N) is 1. The number of methoxy groups -OCH3 is 1. The molecular formula is C26H28F3N5O3. The summed E-state index contributed by atoms with van der Waals surface area (Å²) in [5, 5.41) is 3.63. The number of anilines is 1. The number of halogens is 3. The standard InChI is InChI=1S/C26H28F3N5O3/c1-13(17-6-5-7-18(21(17)27)22(28)29)32-23-19-9-20(25(36)33(3)24(19)31-12-30-23)26(37-4)10-16-8-15(26)11-34(16)14(2)35/h5-7,9,12-13,15-16,22H,8,10-11H2,1-4H3,(H,30,31,32)/t13-,15-,16-,26?/m1/s1. The zero-order valence-corrected chi connectivity index (χ0v) is 21.0. The van der Waals surface area contributed by atoms with Gasteiger partial charge in [-0.05, 0) is 19.4 Å². The number of likely N-dealkylation sites (tertiary alicyclic amines) is 1. The van der Waals surface area contributed by atoms with E-state index in [1.54, 1.807) is 34.1 Å². The average Bonchev–Trinajstić information content (AvgIpc) is 3.45. The Hall–Kier alpha value is -3.47. The molecule has 37 heavy (non-hydrogen) atoms. The maximum absolute atomic E-state index is 14.8. The lowest BCUT2D eigenvalue weighted by atomic mass is 9.82. The van der Waals surface area contributed by atoms with E-state index >= 15 is 0 Å². The summed E-state index contributed by atoms with van der Waals surface area (Å²) in [5.74, 6) is -0.696. The van der Waals surface area contributed by atoms with Crippen molar-refractivity contribution in [2.75, 3.05) is 19.0 Å². The van der Waals surface area contributed by atoms with Gasteiger partial charge in [-0.3, -0.25) is 14.2 Å². The summed E-state index contributed by atoms with van der Waals surface area (Å²) in [5.41, 5.74) is -0.931. The first-order valence-corrected chi connectivity index (χ1v) is 12.1. The third-order valence-corrected chi connectivity index (χ3v) is 7.96. The van der Waals surface area contributed by atoms with E-state index in [0.29, 0.717) is 35.4 Å². The van der Waals surface area contributed by atoms with E-state index in [0.717, 1.165) is 12.5 Å². The van der Waals surface area contributed by atoms with E-state index in [4.69, 9.17) is 4.74 Å². The fourth-order valence-corrected chi connectivity index (χ4v) is 6.08. The fraction of sp³-hybridized carbons (Fsp3) is 0.462. The van der Waals surface area contributed by atoms with E-state index in [-0.39, 0.29) is 29.0 Å². The zero-order valence-electron chi connectivity index (χ0n) is 21.0. The number of piperidine rings is 1. The summed E-state index contributed by atoms with van der Waals surface area (Å²) in [7, 11) is 3.18. The van der Waals surface area contributed by atoms with Gasteiger partial charge in [-0.1, -0.05) is 18.2 Å². The Morgan fingerprint density at radius 3 is 2.62 bits per heavy atom. The average molecular weight is 516 g/mol. The van der Waals surface area contributed by atoms with Crippen molar-refractivity contribution in [3.63, 3.8) is 0 Å². The highest BCUT2D eigenvalue weighted by Gasteiger charge is 2.57. The first-order valence-electron chi connectivity index (χ1n) is 12.1.